The Morgan fingerprint density at radius 1 is 0.950 bits per heavy atom. The standard InChI is InChI=1S/C15H12N4O/c16-15-17-9-19(18-15)14-10-5-1-3-7-12(10)20-13-8-4-2-6-11(13)14/h1-9,14H,(H2,16,18). The van der Waals surface area contributed by atoms with Crippen LogP contribution in [0.25, 0.3) is 0 Å². The zero-order valence-corrected chi connectivity index (χ0v) is 10.6. The van der Waals surface area contributed by atoms with Crippen molar-refractivity contribution < 1.29 is 4.74 Å². The van der Waals surface area contributed by atoms with E-state index >= 15 is 0 Å². The lowest BCUT2D eigenvalue weighted by Gasteiger charge is -2.27. The van der Waals surface area contributed by atoms with Gasteiger partial charge in [0.2, 0.25) is 5.95 Å². The molecule has 0 atom stereocenters. The Balaban J connectivity index is 1.97. The van der Waals surface area contributed by atoms with Gasteiger partial charge in [0.1, 0.15) is 23.9 Å². The van der Waals surface area contributed by atoms with E-state index in [2.05, 4.69) is 10.1 Å². The van der Waals surface area contributed by atoms with Crippen LogP contribution in [0, 0.1) is 0 Å². The largest absolute Gasteiger partial charge is 0.457 e. The zero-order valence-electron chi connectivity index (χ0n) is 10.6. The van der Waals surface area contributed by atoms with E-state index in [0.717, 1.165) is 22.6 Å². The molecular formula is C15H12N4O. The molecule has 0 spiro atoms. The highest BCUT2D eigenvalue weighted by atomic mass is 16.5. The first kappa shape index (κ1) is 11.0. The van der Waals surface area contributed by atoms with Crippen LogP contribution in [0.15, 0.2) is 54.9 Å². The quantitative estimate of drug-likeness (QED) is 0.574. The van der Waals surface area contributed by atoms with Crippen LogP contribution in [0.1, 0.15) is 17.2 Å². The minimum Gasteiger partial charge on any atom is -0.457 e. The van der Waals surface area contributed by atoms with Crippen molar-refractivity contribution in [2.45, 2.75) is 6.04 Å². The van der Waals surface area contributed by atoms with E-state index in [1.807, 2.05) is 48.5 Å². The van der Waals surface area contributed by atoms with Crippen molar-refractivity contribution >= 4 is 5.95 Å². The summed E-state index contributed by atoms with van der Waals surface area (Å²) in [5, 5.41) is 4.26. The Bertz CT molecular complexity index is 735. The summed E-state index contributed by atoms with van der Waals surface area (Å²) in [7, 11) is 0. The van der Waals surface area contributed by atoms with Gasteiger partial charge in [0.05, 0.1) is 0 Å². The Morgan fingerprint density at radius 2 is 1.55 bits per heavy atom. The fourth-order valence-electron chi connectivity index (χ4n) is 2.58. The summed E-state index contributed by atoms with van der Waals surface area (Å²) in [4.78, 5) is 4.03. The average molecular weight is 264 g/mol. The van der Waals surface area contributed by atoms with E-state index in [0.29, 0.717) is 0 Å². The van der Waals surface area contributed by atoms with E-state index in [1.54, 1.807) is 11.0 Å². The molecule has 0 saturated carbocycles. The number of nitrogens with two attached hydrogens (primary N) is 1. The molecular weight excluding hydrogens is 252 g/mol. The van der Waals surface area contributed by atoms with Crippen molar-refractivity contribution in [3.05, 3.63) is 66.0 Å². The first-order chi connectivity index (χ1) is 9.83. The van der Waals surface area contributed by atoms with Crippen molar-refractivity contribution in [2.24, 2.45) is 0 Å². The van der Waals surface area contributed by atoms with E-state index in [-0.39, 0.29) is 12.0 Å². The van der Waals surface area contributed by atoms with Crippen LogP contribution in [-0.4, -0.2) is 14.8 Å². The summed E-state index contributed by atoms with van der Waals surface area (Å²) < 4.78 is 7.72. The maximum Gasteiger partial charge on any atom is 0.239 e. The van der Waals surface area contributed by atoms with Gasteiger partial charge in [-0.05, 0) is 12.1 Å². The van der Waals surface area contributed by atoms with Crippen molar-refractivity contribution in [2.75, 3.05) is 5.73 Å². The number of rotatable bonds is 1. The molecule has 0 saturated heterocycles. The Kier molecular flexibility index (Phi) is 2.26. The second-order valence-electron chi connectivity index (χ2n) is 4.66. The number of hydrogen-bond acceptors (Lipinski definition) is 4. The van der Waals surface area contributed by atoms with Crippen LogP contribution in [0.4, 0.5) is 5.95 Å². The summed E-state index contributed by atoms with van der Waals surface area (Å²) in [6.45, 7) is 0. The minimum absolute atomic E-state index is 0.0686. The second kappa shape index (κ2) is 4.09. The molecule has 0 aliphatic carbocycles. The normalized spacial score (nSPS) is 13.4. The number of fused-ring (bicyclic) bond motifs is 2. The monoisotopic (exact) mass is 264 g/mol. The van der Waals surface area contributed by atoms with Gasteiger partial charge in [-0.15, -0.1) is 5.10 Å². The van der Waals surface area contributed by atoms with E-state index in [1.165, 1.54) is 0 Å². The molecule has 0 radical (unpaired) electrons. The van der Waals surface area contributed by atoms with Crippen LogP contribution in [0.2, 0.25) is 0 Å². The highest BCUT2D eigenvalue weighted by molar-refractivity contribution is 5.53. The molecule has 20 heavy (non-hydrogen) atoms. The van der Waals surface area contributed by atoms with Crippen molar-refractivity contribution in [3.8, 4) is 11.5 Å². The molecule has 1 aliphatic heterocycles. The molecule has 0 unspecified atom stereocenters. The van der Waals surface area contributed by atoms with Gasteiger partial charge in [0.25, 0.3) is 0 Å². The van der Waals surface area contributed by atoms with Crippen molar-refractivity contribution in [1.29, 1.82) is 0 Å². The SMILES string of the molecule is Nc1ncn(C2c3ccccc3Oc3ccccc32)n1. The van der Waals surface area contributed by atoms with E-state index in [9.17, 15) is 0 Å². The summed E-state index contributed by atoms with van der Waals surface area (Å²) in [6.07, 6.45) is 1.65. The Morgan fingerprint density at radius 3 is 2.10 bits per heavy atom. The number of anilines is 1. The van der Waals surface area contributed by atoms with Gasteiger partial charge in [-0.3, -0.25) is 0 Å². The van der Waals surface area contributed by atoms with Gasteiger partial charge < -0.3 is 10.5 Å². The highest BCUT2D eigenvalue weighted by Gasteiger charge is 2.28. The van der Waals surface area contributed by atoms with Gasteiger partial charge in [-0.2, -0.15) is 0 Å². The Labute approximate surface area is 115 Å². The molecule has 1 aliphatic rings. The smallest absolute Gasteiger partial charge is 0.239 e. The number of benzene rings is 2. The van der Waals surface area contributed by atoms with Gasteiger partial charge >= 0.3 is 0 Å². The minimum atomic E-state index is -0.0686. The van der Waals surface area contributed by atoms with Crippen LogP contribution in [0.3, 0.4) is 0 Å². The maximum atomic E-state index is 5.94. The second-order valence-corrected chi connectivity index (χ2v) is 4.66. The number of ether oxygens (including phenoxy) is 1. The van der Waals surface area contributed by atoms with E-state index in [4.69, 9.17) is 10.5 Å². The number of nitrogen functional groups attached to an aromatic ring is 1. The predicted octanol–water partition coefficient (Wildman–Crippen LogP) is 2.60. The lowest BCUT2D eigenvalue weighted by molar-refractivity contribution is 0.425. The third kappa shape index (κ3) is 1.56. The molecule has 1 aromatic heterocycles. The molecule has 0 fully saturated rings. The lowest BCUT2D eigenvalue weighted by Crippen LogP contribution is -2.18. The van der Waals surface area contributed by atoms with Gasteiger partial charge in [0, 0.05) is 11.1 Å². The zero-order chi connectivity index (χ0) is 13.5. The lowest BCUT2D eigenvalue weighted by atomic mass is 9.95. The number of nitrogens with zero attached hydrogens (tertiary/aromatic N) is 3. The molecule has 0 amide bonds. The first-order valence-electron chi connectivity index (χ1n) is 6.35. The molecule has 4 rings (SSSR count). The van der Waals surface area contributed by atoms with Crippen LogP contribution in [0.5, 0.6) is 11.5 Å². The van der Waals surface area contributed by atoms with Gasteiger partial charge in [-0.1, -0.05) is 36.4 Å². The number of aromatic nitrogens is 3. The van der Waals surface area contributed by atoms with Crippen LogP contribution >= 0.6 is 0 Å². The fourth-order valence-corrected chi connectivity index (χ4v) is 2.58. The molecule has 5 nitrogen and oxygen atoms in total. The predicted molar refractivity (Wildman–Crippen MR) is 74.6 cm³/mol. The highest BCUT2D eigenvalue weighted by Crippen LogP contribution is 2.44. The van der Waals surface area contributed by atoms with E-state index < -0.39 is 0 Å². The van der Waals surface area contributed by atoms with Crippen LogP contribution < -0.4 is 10.5 Å². The summed E-state index contributed by atoms with van der Waals surface area (Å²) in [5.41, 5.74) is 7.75. The molecule has 98 valence electrons. The Hall–Kier alpha value is -2.82. The third-order valence-corrected chi connectivity index (χ3v) is 3.44. The molecule has 5 heteroatoms. The molecule has 2 aromatic carbocycles. The van der Waals surface area contributed by atoms with Crippen molar-refractivity contribution in [3.63, 3.8) is 0 Å². The topological polar surface area (TPSA) is 66.0 Å². The third-order valence-electron chi connectivity index (χ3n) is 3.44. The number of hydrogen-bond donors (Lipinski definition) is 1. The fraction of sp³-hybridized carbons (Fsp3) is 0.0667. The molecule has 0 bridgehead atoms. The molecule has 3 aromatic rings. The van der Waals surface area contributed by atoms with Gasteiger partial charge in [0.15, 0.2) is 0 Å². The van der Waals surface area contributed by atoms with Crippen LogP contribution in [-0.2, 0) is 0 Å². The molecule has 2 N–H and O–H groups in total. The number of para-hydroxylation sites is 2. The summed E-state index contributed by atoms with van der Waals surface area (Å²) in [6, 6.07) is 15.8. The molecule has 2 heterocycles. The average Bonchev–Trinajstić information content (AvgIpc) is 2.91. The maximum absolute atomic E-state index is 5.94. The summed E-state index contributed by atoms with van der Waals surface area (Å²) >= 11 is 0. The van der Waals surface area contributed by atoms with Crippen molar-refractivity contribution in [1.82, 2.24) is 14.8 Å². The summed E-state index contributed by atoms with van der Waals surface area (Å²) in [5.74, 6) is 1.95. The first-order valence-corrected chi connectivity index (χ1v) is 6.35. The van der Waals surface area contributed by atoms with Gasteiger partial charge in [-0.25, -0.2) is 9.67 Å².